The van der Waals surface area contributed by atoms with Gasteiger partial charge in [-0.2, -0.15) is 0 Å². The summed E-state index contributed by atoms with van der Waals surface area (Å²) >= 11 is 0. The van der Waals surface area contributed by atoms with Crippen LogP contribution >= 0.6 is 0 Å². The summed E-state index contributed by atoms with van der Waals surface area (Å²) in [4.78, 5) is 23.0. The Kier molecular flexibility index (Phi) is 5.98. The molecule has 0 bridgehead atoms. The Labute approximate surface area is 112 Å². The number of benzene rings is 1. The van der Waals surface area contributed by atoms with Crippen molar-refractivity contribution in [1.82, 2.24) is 0 Å². The zero-order valence-corrected chi connectivity index (χ0v) is 11.1. The first-order valence-corrected chi connectivity index (χ1v) is 6.02. The molecule has 0 fully saturated rings. The molecule has 0 aromatic heterocycles. The normalized spacial score (nSPS) is 11.7. The Morgan fingerprint density at radius 1 is 1.32 bits per heavy atom. The van der Waals surface area contributed by atoms with E-state index in [4.69, 9.17) is 10.5 Å². The molecule has 19 heavy (non-hydrogen) atoms. The van der Waals surface area contributed by atoms with Gasteiger partial charge in [0, 0.05) is 24.9 Å². The van der Waals surface area contributed by atoms with Gasteiger partial charge in [-0.25, -0.2) is 0 Å². The fraction of sp³-hybridized carbons (Fsp3) is 0.385. The molecule has 0 aliphatic carbocycles. The number of methoxy groups -OCH3 is 1. The largest absolute Gasteiger partial charge is 0.383 e. The van der Waals surface area contributed by atoms with E-state index in [-0.39, 0.29) is 18.4 Å². The van der Waals surface area contributed by atoms with E-state index >= 15 is 0 Å². The molecule has 0 aliphatic heterocycles. The van der Waals surface area contributed by atoms with Crippen LogP contribution in [-0.2, 0) is 14.3 Å². The lowest BCUT2D eigenvalue weighted by molar-refractivity contribution is -0.118. The standard InChI is InChI=1S/C13H19N3O3/c1-3-12(17)15-9-5-4-6-10(7-9)16-13(18)11(14)8-19-2/h4-7,11H,3,8,14H2,1-2H3,(H,15,17)(H,16,18). The lowest BCUT2D eigenvalue weighted by atomic mass is 10.2. The highest BCUT2D eigenvalue weighted by atomic mass is 16.5. The number of carbonyl (C=O) groups is 2. The molecule has 1 rings (SSSR count). The molecule has 0 saturated carbocycles. The zero-order valence-electron chi connectivity index (χ0n) is 11.1. The minimum absolute atomic E-state index is 0.0837. The Morgan fingerprint density at radius 2 is 1.95 bits per heavy atom. The number of anilines is 2. The molecule has 2 amide bonds. The van der Waals surface area contributed by atoms with Crippen molar-refractivity contribution in [1.29, 1.82) is 0 Å². The van der Waals surface area contributed by atoms with Crippen LogP contribution < -0.4 is 16.4 Å². The number of ether oxygens (including phenoxy) is 1. The van der Waals surface area contributed by atoms with E-state index in [0.29, 0.717) is 17.8 Å². The number of nitrogens with one attached hydrogen (secondary N) is 2. The SMILES string of the molecule is CCC(=O)Nc1cccc(NC(=O)C(N)COC)c1. The van der Waals surface area contributed by atoms with Gasteiger partial charge in [-0.3, -0.25) is 9.59 Å². The van der Waals surface area contributed by atoms with E-state index in [1.54, 1.807) is 31.2 Å². The third-order valence-electron chi connectivity index (χ3n) is 2.42. The van der Waals surface area contributed by atoms with Crippen molar-refractivity contribution in [3.8, 4) is 0 Å². The predicted octanol–water partition coefficient (Wildman–Crippen LogP) is 0.947. The summed E-state index contributed by atoms with van der Waals surface area (Å²) in [6.45, 7) is 1.92. The molecule has 104 valence electrons. The molecule has 4 N–H and O–H groups in total. The molecule has 1 aromatic rings. The molecule has 1 unspecified atom stereocenters. The minimum Gasteiger partial charge on any atom is -0.383 e. The number of rotatable bonds is 6. The van der Waals surface area contributed by atoms with E-state index in [1.807, 2.05) is 0 Å². The van der Waals surface area contributed by atoms with Gasteiger partial charge in [0.15, 0.2) is 0 Å². The average Bonchev–Trinajstić information content (AvgIpc) is 2.39. The highest BCUT2D eigenvalue weighted by Crippen LogP contribution is 2.15. The molecule has 1 aromatic carbocycles. The summed E-state index contributed by atoms with van der Waals surface area (Å²) in [7, 11) is 1.48. The highest BCUT2D eigenvalue weighted by Gasteiger charge is 2.13. The van der Waals surface area contributed by atoms with Crippen molar-refractivity contribution >= 4 is 23.2 Å². The van der Waals surface area contributed by atoms with Crippen molar-refractivity contribution in [2.75, 3.05) is 24.4 Å². The first-order chi connectivity index (χ1) is 9.06. The Morgan fingerprint density at radius 3 is 2.53 bits per heavy atom. The Bertz CT molecular complexity index is 449. The van der Waals surface area contributed by atoms with Crippen molar-refractivity contribution in [2.24, 2.45) is 5.73 Å². The summed E-state index contributed by atoms with van der Waals surface area (Å²) in [5.41, 5.74) is 6.81. The summed E-state index contributed by atoms with van der Waals surface area (Å²) in [5.74, 6) is -0.416. The highest BCUT2D eigenvalue weighted by molar-refractivity contribution is 5.96. The first-order valence-electron chi connectivity index (χ1n) is 6.02. The third kappa shape index (κ3) is 5.07. The maximum Gasteiger partial charge on any atom is 0.243 e. The van der Waals surface area contributed by atoms with Gasteiger partial charge in [0.05, 0.1) is 6.61 Å². The second-order valence-corrected chi connectivity index (χ2v) is 4.03. The van der Waals surface area contributed by atoms with Gasteiger partial charge in [-0.15, -0.1) is 0 Å². The third-order valence-corrected chi connectivity index (χ3v) is 2.42. The van der Waals surface area contributed by atoms with Crippen molar-refractivity contribution in [2.45, 2.75) is 19.4 Å². The summed E-state index contributed by atoms with van der Waals surface area (Å²) in [5, 5.41) is 5.38. The van der Waals surface area contributed by atoms with E-state index in [0.717, 1.165) is 0 Å². The lowest BCUT2D eigenvalue weighted by Crippen LogP contribution is -2.39. The second-order valence-electron chi connectivity index (χ2n) is 4.03. The van der Waals surface area contributed by atoms with Crippen LogP contribution in [0, 0.1) is 0 Å². The smallest absolute Gasteiger partial charge is 0.243 e. The van der Waals surface area contributed by atoms with Crippen molar-refractivity contribution in [3.05, 3.63) is 24.3 Å². The first kappa shape index (κ1) is 15.1. The maximum absolute atomic E-state index is 11.7. The van der Waals surface area contributed by atoms with E-state index < -0.39 is 6.04 Å². The number of hydrogen-bond acceptors (Lipinski definition) is 4. The van der Waals surface area contributed by atoms with Crippen molar-refractivity contribution in [3.63, 3.8) is 0 Å². The van der Waals surface area contributed by atoms with Crippen molar-refractivity contribution < 1.29 is 14.3 Å². The molecule has 6 nitrogen and oxygen atoms in total. The topological polar surface area (TPSA) is 93.5 Å². The zero-order chi connectivity index (χ0) is 14.3. The van der Waals surface area contributed by atoms with Crippen LogP contribution in [0.2, 0.25) is 0 Å². The molecule has 0 saturated heterocycles. The summed E-state index contributed by atoms with van der Waals surface area (Å²) in [6, 6.07) is 6.16. The fourth-order valence-electron chi connectivity index (χ4n) is 1.41. The number of hydrogen-bond donors (Lipinski definition) is 3. The van der Waals surface area contributed by atoms with Crippen LogP contribution in [0.3, 0.4) is 0 Å². The van der Waals surface area contributed by atoms with Gasteiger partial charge in [0.2, 0.25) is 11.8 Å². The van der Waals surface area contributed by atoms with E-state index in [9.17, 15) is 9.59 Å². The van der Waals surface area contributed by atoms with Crippen LogP contribution in [0.5, 0.6) is 0 Å². The van der Waals surface area contributed by atoms with E-state index in [1.165, 1.54) is 7.11 Å². The van der Waals surface area contributed by atoms with Crippen LogP contribution in [-0.4, -0.2) is 31.6 Å². The molecule has 1 atom stereocenters. The number of carbonyl (C=O) groups excluding carboxylic acids is 2. The minimum atomic E-state index is -0.723. The molecular weight excluding hydrogens is 246 g/mol. The average molecular weight is 265 g/mol. The molecular formula is C13H19N3O3. The quantitative estimate of drug-likeness (QED) is 0.713. The van der Waals surface area contributed by atoms with Gasteiger partial charge in [-0.05, 0) is 18.2 Å². The molecule has 0 spiro atoms. The van der Waals surface area contributed by atoms with Gasteiger partial charge in [0.25, 0.3) is 0 Å². The summed E-state index contributed by atoms with van der Waals surface area (Å²) in [6.07, 6.45) is 0.398. The Balaban J connectivity index is 2.66. The van der Waals surface area contributed by atoms with Crippen LogP contribution in [0.4, 0.5) is 11.4 Å². The summed E-state index contributed by atoms with van der Waals surface area (Å²) < 4.78 is 4.81. The monoisotopic (exact) mass is 265 g/mol. The second kappa shape index (κ2) is 7.50. The van der Waals surface area contributed by atoms with Gasteiger partial charge >= 0.3 is 0 Å². The molecule has 6 heteroatoms. The Hall–Kier alpha value is -1.92. The van der Waals surface area contributed by atoms with Gasteiger partial charge < -0.3 is 21.1 Å². The molecule has 0 heterocycles. The van der Waals surface area contributed by atoms with E-state index in [2.05, 4.69) is 10.6 Å². The van der Waals surface area contributed by atoms with Crippen LogP contribution in [0.25, 0.3) is 0 Å². The van der Waals surface area contributed by atoms with Crippen LogP contribution in [0.15, 0.2) is 24.3 Å². The van der Waals surface area contributed by atoms with Crippen LogP contribution in [0.1, 0.15) is 13.3 Å². The number of nitrogens with two attached hydrogens (primary N) is 1. The fourth-order valence-corrected chi connectivity index (χ4v) is 1.41. The maximum atomic E-state index is 11.7. The molecule has 0 radical (unpaired) electrons. The van der Waals surface area contributed by atoms with Gasteiger partial charge in [0.1, 0.15) is 6.04 Å². The lowest BCUT2D eigenvalue weighted by Gasteiger charge is -2.12. The molecule has 0 aliphatic rings. The predicted molar refractivity (Wildman–Crippen MR) is 73.8 cm³/mol. The van der Waals surface area contributed by atoms with Gasteiger partial charge in [-0.1, -0.05) is 13.0 Å². The number of amides is 2.